The number of carbonyl (C=O) groups excluding carboxylic acids is 1. The van der Waals surface area contributed by atoms with Gasteiger partial charge in [0, 0.05) is 6.42 Å². The van der Waals surface area contributed by atoms with E-state index in [9.17, 15) is 4.79 Å². The number of primary amides is 1. The van der Waals surface area contributed by atoms with E-state index in [4.69, 9.17) is 20.9 Å². The van der Waals surface area contributed by atoms with Gasteiger partial charge in [-0.15, -0.1) is 0 Å². The first kappa shape index (κ1) is 13.3. The van der Waals surface area contributed by atoms with Crippen LogP contribution in [0.15, 0.2) is 24.3 Å². The molecule has 0 radical (unpaired) electrons. The van der Waals surface area contributed by atoms with Gasteiger partial charge in [0.1, 0.15) is 11.5 Å². The summed E-state index contributed by atoms with van der Waals surface area (Å²) in [7, 11) is 1.60. The zero-order valence-electron chi connectivity index (χ0n) is 10.1. The van der Waals surface area contributed by atoms with Gasteiger partial charge in [0.25, 0.3) is 0 Å². The number of ether oxygens (including phenoxy) is 2. The molecule has 1 unspecified atom stereocenters. The first-order chi connectivity index (χ1) is 7.95. The van der Waals surface area contributed by atoms with E-state index in [0.717, 1.165) is 5.75 Å². The maximum absolute atomic E-state index is 11.0. The zero-order valence-corrected chi connectivity index (χ0v) is 10.1. The quantitative estimate of drug-likeness (QED) is 0.762. The van der Waals surface area contributed by atoms with E-state index in [0.29, 0.717) is 18.8 Å². The Bertz CT molecular complexity index is 374. The minimum absolute atomic E-state index is 0.336. The standard InChI is InChI=1S/C12H18N2O3/c1-12(14,11(13)15)7-8-17-10-5-3-9(16-2)4-6-10/h3-6H,7-8,14H2,1-2H3,(H2,13,15). The van der Waals surface area contributed by atoms with Crippen LogP contribution < -0.4 is 20.9 Å². The molecule has 94 valence electrons. The molecule has 0 aliphatic carbocycles. The van der Waals surface area contributed by atoms with Crippen LogP contribution in [0.2, 0.25) is 0 Å². The van der Waals surface area contributed by atoms with Crippen molar-refractivity contribution in [3.8, 4) is 11.5 Å². The Balaban J connectivity index is 2.43. The summed E-state index contributed by atoms with van der Waals surface area (Å²) in [5.41, 5.74) is 9.81. The summed E-state index contributed by atoms with van der Waals surface area (Å²) in [4.78, 5) is 11.0. The fraction of sp³-hybridized carbons (Fsp3) is 0.417. The average molecular weight is 238 g/mol. The molecular weight excluding hydrogens is 220 g/mol. The molecule has 0 bridgehead atoms. The Morgan fingerprint density at radius 2 is 1.82 bits per heavy atom. The van der Waals surface area contributed by atoms with E-state index in [1.807, 2.05) is 0 Å². The molecule has 1 aromatic rings. The van der Waals surface area contributed by atoms with Gasteiger partial charge in [0.2, 0.25) is 5.91 Å². The van der Waals surface area contributed by atoms with Gasteiger partial charge in [-0.3, -0.25) is 4.79 Å². The van der Waals surface area contributed by atoms with E-state index in [1.165, 1.54) is 0 Å². The number of carbonyl (C=O) groups is 1. The normalized spacial score (nSPS) is 13.8. The van der Waals surface area contributed by atoms with Crippen molar-refractivity contribution in [2.45, 2.75) is 18.9 Å². The summed E-state index contributed by atoms with van der Waals surface area (Å²) < 4.78 is 10.5. The Labute approximate surface area is 101 Å². The molecule has 0 saturated carbocycles. The highest BCUT2D eigenvalue weighted by atomic mass is 16.5. The number of hydrogen-bond acceptors (Lipinski definition) is 4. The second-order valence-electron chi connectivity index (χ2n) is 4.06. The van der Waals surface area contributed by atoms with Gasteiger partial charge >= 0.3 is 0 Å². The highest BCUT2D eigenvalue weighted by Gasteiger charge is 2.25. The predicted octanol–water partition coefficient (Wildman–Crippen LogP) is 0.667. The van der Waals surface area contributed by atoms with E-state index >= 15 is 0 Å². The van der Waals surface area contributed by atoms with Gasteiger partial charge in [0.05, 0.1) is 19.3 Å². The molecule has 4 N–H and O–H groups in total. The van der Waals surface area contributed by atoms with Crippen molar-refractivity contribution >= 4 is 5.91 Å². The molecule has 1 atom stereocenters. The van der Waals surface area contributed by atoms with Crippen LogP contribution >= 0.6 is 0 Å². The van der Waals surface area contributed by atoms with Gasteiger partial charge in [-0.2, -0.15) is 0 Å². The van der Waals surface area contributed by atoms with Crippen molar-refractivity contribution in [1.29, 1.82) is 0 Å². The molecule has 5 heteroatoms. The summed E-state index contributed by atoms with van der Waals surface area (Å²) in [5, 5.41) is 0. The third-order valence-corrected chi connectivity index (χ3v) is 2.51. The average Bonchev–Trinajstić information content (AvgIpc) is 2.29. The molecule has 0 fully saturated rings. The lowest BCUT2D eigenvalue weighted by Gasteiger charge is -2.20. The second-order valence-corrected chi connectivity index (χ2v) is 4.06. The van der Waals surface area contributed by atoms with Crippen LogP contribution in [0.25, 0.3) is 0 Å². The molecule has 1 aromatic carbocycles. The van der Waals surface area contributed by atoms with Crippen LogP contribution in [0.4, 0.5) is 0 Å². The highest BCUT2D eigenvalue weighted by Crippen LogP contribution is 2.17. The monoisotopic (exact) mass is 238 g/mol. The third kappa shape index (κ3) is 3.96. The Kier molecular flexibility index (Phi) is 4.34. The van der Waals surface area contributed by atoms with Gasteiger partial charge in [0.15, 0.2) is 0 Å². The smallest absolute Gasteiger partial charge is 0.237 e. The topological polar surface area (TPSA) is 87.6 Å². The largest absolute Gasteiger partial charge is 0.497 e. The Morgan fingerprint density at radius 1 is 1.29 bits per heavy atom. The summed E-state index contributed by atoms with van der Waals surface area (Å²) >= 11 is 0. The zero-order chi connectivity index (χ0) is 12.9. The number of amides is 1. The van der Waals surface area contributed by atoms with E-state index in [-0.39, 0.29) is 0 Å². The van der Waals surface area contributed by atoms with Crippen molar-refractivity contribution < 1.29 is 14.3 Å². The van der Waals surface area contributed by atoms with Crippen molar-refractivity contribution in [3.63, 3.8) is 0 Å². The number of benzene rings is 1. The van der Waals surface area contributed by atoms with Gasteiger partial charge in [-0.25, -0.2) is 0 Å². The molecule has 0 aliphatic rings. The van der Waals surface area contributed by atoms with Crippen molar-refractivity contribution in [3.05, 3.63) is 24.3 Å². The van der Waals surface area contributed by atoms with E-state index in [2.05, 4.69) is 0 Å². The second kappa shape index (κ2) is 5.54. The minimum Gasteiger partial charge on any atom is -0.497 e. The van der Waals surface area contributed by atoms with Crippen LogP contribution in [0, 0.1) is 0 Å². The molecule has 1 rings (SSSR count). The predicted molar refractivity (Wildman–Crippen MR) is 64.9 cm³/mol. The van der Waals surface area contributed by atoms with Crippen LogP contribution in [0.5, 0.6) is 11.5 Å². The molecule has 17 heavy (non-hydrogen) atoms. The van der Waals surface area contributed by atoms with Gasteiger partial charge < -0.3 is 20.9 Å². The van der Waals surface area contributed by atoms with Crippen molar-refractivity contribution in [2.24, 2.45) is 11.5 Å². The van der Waals surface area contributed by atoms with Crippen molar-refractivity contribution in [1.82, 2.24) is 0 Å². The molecule has 0 heterocycles. The molecular formula is C12H18N2O3. The number of rotatable bonds is 6. The SMILES string of the molecule is COc1ccc(OCCC(C)(N)C(N)=O)cc1. The molecule has 5 nitrogen and oxygen atoms in total. The fourth-order valence-corrected chi connectivity index (χ4v) is 1.18. The first-order valence-corrected chi connectivity index (χ1v) is 5.31. The lowest BCUT2D eigenvalue weighted by Crippen LogP contribution is -2.50. The van der Waals surface area contributed by atoms with E-state index < -0.39 is 11.4 Å². The maximum Gasteiger partial charge on any atom is 0.237 e. The minimum atomic E-state index is -1.04. The fourth-order valence-electron chi connectivity index (χ4n) is 1.18. The van der Waals surface area contributed by atoms with Crippen LogP contribution in [-0.2, 0) is 4.79 Å². The number of nitrogens with two attached hydrogens (primary N) is 2. The molecule has 0 saturated heterocycles. The van der Waals surface area contributed by atoms with Crippen LogP contribution in [0.3, 0.4) is 0 Å². The molecule has 0 aliphatic heterocycles. The maximum atomic E-state index is 11.0. The van der Waals surface area contributed by atoms with Gasteiger partial charge in [-0.1, -0.05) is 0 Å². The Hall–Kier alpha value is -1.75. The van der Waals surface area contributed by atoms with Crippen LogP contribution in [0.1, 0.15) is 13.3 Å². The lowest BCUT2D eigenvalue weighted by atomic mass is 9.99. The number of methoxy groups -OCH3 is 1. The van der Waals surface area contributed by atoms with E-state index in [1.54, 1.807) is 38.3 Å². The Morgan fingerprint density at radius 3 is 2.29 bits per heavy atom. The van der Waals surface area contributed by atoms with Gasteiger partial charge in [-0.05, 0) is 31.2 Å². The summed E-state index contributed by atoms with van der Waals surface area (Å²) in [6.45, 7) is 1.93. The number of hydrogen-bond donors (Lipinski definition) is 2. The summed E-state index contributed by atoms with van der Waals surface area (Å²) in [6.07, 6.45) is 0.369. The summed E-state index contributed by atoms with van der Waals surface area (Å²) in [6, 6.07) is 7.17. The molecule has 1 amide bonds. The van der Waals surface area contributed by atoms with Crippen LogP contribution in [-0.4, -0.2) is 25.2 Å². The van der Waals surface area contributed by atoms with Crippen molar-refractivity contribution in [2.75, 3.05) is 13.7 Å². The summed E-state index contributed by atoms with van der Waals surface area (Å²) in [5.74, 6) is 0.931. The first-order valence-electron chi connectivity index (χ1n) is 5.31. The molecule has 0 aromatic heterocycles. The highest BCUT2D eigenvalue weighted by molar-refractivity contribution is 5.83. The lowest BCUT2D eigenvalue weighted by molar-refractivity contribution is -0.123. The molecule has 0 spiro atoms. The third-order valence-electron chi connectivity index (χ3n) is 2.51.